The van der Waals surface area contributed by atoms with Crippen LogP contribution in [0.15, 0.2) is 18.2 Å². The highest BCUT2D eigenvalue weighted by Crippen LogP contribution is 2.15. The molecule has 96 valence electrons. The molecule has 0 unspecified atom stereocenters. The standard InChI is InChI=1S/C13H14O5/c1-4-18-13(16)11-7-9(12(15)17-3)5-6-10(11)8(2)14/h5-7H,4H2,1-3H3. The van der Waals surface area contributed by atoms with Crippen molar-refractivity contribution in [3.05, 3.63) is 34.9 Å². The molecule has 0 aromatic heterocycles. The summed E-state index contributed by atoms with van der Waals surface area (Å²) in [5.41, 5.74) is 0.499. The van der Waals surface area contributed by atoms with Crippen molar-refractivity contribution >= 4 is 17.7 Å². The predicted molar refractivity (Wildman–Crippen MR) is 63.7 cm³/mol. The summed E-state index contributed by atoms with van der Waals surface area (Å²) in [5, 5.41) is 0. The minimum absolute atomic E-state index is 0.0762. The molecule has 0 spiro atoms. The van der Waals surface area contributed by atoms with Gasteiger partial charge in [-0.2, -0.15) is 0 Å². The Morgan fingerprint density at radius 2 is 1.78 bits per heavy atom. The second-order valence-corrected chi connectivity index (χ2v) is 3.53. The van der Waals surface area contributed by atoms with Crippen molar-refractivity contribution in [3.8, 4) is 0 Å². The van der Waals surface area contributed by atoms with E-state index in [2.05, 4.69) is 4.74 Å². The fourth-order valence-electron chi connectivity index (χ4n) is 1.47. The van der Waals surface area contributed by atoms with E-state index in [0.29, 0.717) is 0 Å². The highest BCUT2D eigenvalue weighted by atomic mass is 16.5. The number of ether oxygens (including phenoxy) is 2. The number of ketones is 1. The van der Waals surface area contributed by atoms with E-state index in [1.54, 1.807) is 6.92 Å². The summed E-state index contributed by atoms with van der Waals surface area (Å²) in [5.74, 6) is -1.47. The van der Waals surface area contributed by atoms with Crippen LogP contribution in [-0.2, 0) is 9.47 Å². The zero-order valence-electron chi connectivity index (χ0n) is 10.5. The summed E-state index contributed by atoms with van der Waals surface area (Å²) in [6.45, 7) is 3.20. The van der Waals surface area contributed by atoms with Crippen molar-refractivity contribution in [1.82, 2.24) is 0 Å². The number of rotatable bonds is 4. The average molecular weight is 250 g/mol. The number of benzene rings is 1. The Bertz CT molecular complexity index is 490. The molecule has 0 amide bonds. The zero-order valence-corrected chi connectivity index (χ0v) is 10.5. The summed E-state index contributed by atoms with van der Waals surface area (Å²) >= 11 is 0. The third kappa shape index (κ3) is 2.94. The van der Waals surface area contributed by atoms with Crippen LogP contribution in [0.4, 0.5) is 0 Å². The van der Waals surface area contributed by atoms with Crippen molar-refractivity contribution in [2.75, 3.05) is 13.7 Å². The first-order chi connectivity index (χ1) is 8.51. The molecule has 0 saturated heterocycles. The first-order valence-electron chi connectivity index (χ1n) is 5.41. The molecule has 0 bridgehead atoms. The van der Waals surface area contributed by atoms with E-state index in [-0.39, 0.29) is 29.1 Å². The van der Waals surface area contributed by atoms with Crippen LogP contribution in [0.25, 0.3) is 0 Å². The lowest BCUT2D eigenvalue weighted by atomic mass is 10.0. The van der Waals surface area contributed by atoms with Crippen molar-refractivity contribution in [2.45, 2.75) is 13.8 Å². The smallest absolute Gasteiger partial charge is 0.338 e. The van der Waals surface area contributed by atoms with Gasteiger partial charge in [-0.3, -0.25) is 4.79 Å². The third-order valence-corrected chi connectivity index (χ3v) is 2.32. The lowest BCUT2D eigenvalue weighted by Gasteiger charge is -2.08. The molecule has 18 heavy (non-hydrogen) atoms. The Hall–Kier alpha value is -2.17. The van der Waals surface area contributed by atoms with Gasteiger partial charge < -0.3 is 9.47 Å². The van der Waals surface area contributed by atoms with Gasteiger partial charge in [0, 0.05) is 5.56 Å². The largest absolute Gasteiger partial charge is 0.465 e. The fourth-order valence-corrected chi connectivity index (χ4v) is 1.47. The van der Waals surface area contributed by atoms with E-state index in [0.717, 1.165) is 0 Å². The summed E-state index contributed by atoms with van der Waals surface area (Å²) in [6, 6.07) is 4.16. The van der Waals surface area contributed by atoms with Crippen LogP contribution in [0.1, 0.15) is 44.9 Å². The van der Waals surface area contributed by atoms with Gasteiger partial charge in [0.2, 0.25) is 0 Å². The van der Waals surface area contributed by atoms with Gasteiger partial charge in [-0.05, 0) is 32.0 Å². The number of Topliss-reactive ketones (excluding diaryl/α,β-unsaturated/α-hetero) is 1. The number of hydrogen-bond donors (Lipinski definition) is 0. The Morgan fingerprint density at radius 1 is 1.11 bits per heavy atom. The van der Waals surface area contributed by atoms with E-state index in [1.807, 2.05) is 0 Å². The summed E-state index contributed by atoms with van der Waals surface area (Å²) in [6.07, 6.45) is 0. The van der Waals surface area contributed by atoms with Gasteiger partial charge in [-0.1, -0.05) is 0 Å². The first-order valence-corrected chi connectivity index (χ1v) is 5.41. The minimum atomic E-state index is -0.631. The SMILES string of the molecule is CCOC(=O)c1cc(C(=O)OC)ccc1C(C)=O. The Labute approximate surface area is 105 Å². The van der Waals surface area contributed by atoms with Crippen LogP contribution in [0, 0.1) is 0 Å². The van der Waals surface area contributed by atoms with Crippen molar-refractivity contribution < 1.29 is 23.9 Å². The topological polar surface area (TPSA) is 69.7 Å². The van der Waals surface area contributed by atoms with Gasteiger partial charge in [-0.15, -0.1) is 0 Å². The molecule has 0 saturated carbocycles. The number of carbonyl (C=O) groups excluding carboxylic acids is 3. The zero-order chi connectivity index (χ0) is 13.7. The number of hydrogen-bond acceptors (Lipinski definition) is 5. The molecule has 0 radical (unpaired) electrons. The third-order valence-electron chi connectivity index (χ3n) is 2.32. The molecule has 1 rings (SSSR count). The maximum absolute atomic E-state index is 11.7. The number of esters is 2. The first kappa shape index (κ1) is 13.9. The molecule has 0 aliphatic heterocycles. The van der Waals surface area contributed by atoms with Crippen molar-refractivity contribution in [3.63, 3.8) is 0 Å². The molecular formula is C13H14O5. The van der Waals surface area contributed by atoms with E-state index in [9.17, 15) is 14.4 Å². The number of carbonyl (C=O) groups is 3. The van der Waals surface area contributed by atoms with Gasteiger partial charge in [0.05, 0.1) is 24.8 Å². The van der Waals surface area contributed by atoms with Crippen molar-refractivity contribution in [2.24, 2.45) is 0 Å². The van der Waals surface area contributed by atoms with Crippen molar-refractivity contribution in [1.29, 1.82) is 0 Å². The highest BCUT2D eigenvalue weighted by Gasteiger charge is 2.18. The van der Waals surface area contributed by atoms with Crippen LogP contribution in [0.3, 0.4) is 0 Å². The van der Waals surface area contributed by atoms with Crippen LogP contribution in [-0.4, -0.2) is 31.4 Å². The Kier molecular flexibility index (Phi) is 4.59. The molecule has 5 nitrogen and oxygen atoms in total. The maximum atomic E-state index is 11.7. The van der Waals surface area contributed by atoms with Gasteiger partial charge in [0.25, 0.3) is 0 Å². The molecule has 1 aromatic carbocycles. The average Bonchev–Trinajstić information content (AvgIpc) is 2.37. The molecule has 0 aliphatic carbocycles. The molecule has 0 aliphatic rings. The normalized spacial score (nSPS) is 9.72. The van der Waals surface area contributed by atoms with Crippen LogP contribution < -0.4 is 0 Å². The lowest BCUT2D eigenvalue weighted by molar-refractivity contribution is 0.0523. The van der Waals surface area contributed by atoms with E-state index < -0.39 is 11.9 Å². The lowest BCUT2D eigenvalue weighted by Crippen LogP contribution is -2.12. The molecule has 0 fully saturated rings. The Morgan fingerprint density at radius 3 is 2.28 bits per heavy atom. The van der Waals surface area contributed by atoms with Crippen LogP contribution in [0.5, 0.6) is 0 Å². The van der Waals surface area contributed by atoms with Crippen LogP contribution >= 0.6 is 0 Å². The minimum Gasteiger partial charge on any atom is -0.465 e. The van der Waals surface area contributed by atoms with Gasteiger partial charge >= 0.3 is 11.9 Å². The second kappa shape index (κ2) is 5.95. The Balaban J connectivity index is 3.28. The predicted octanol–water partition coefficient (Wildman–Crippen LogP) is 1.85. The van der Waals surface area contributed by atoms with E-state index in [4.69, 9.17) is 4.74 Å². The molecule has 5 heteroatoms. The van der Waals surface area contributed by atoms with Gasteiger partial charge in [-0.25, -0.2) is 9.59 Å². The summed E-state index contributed by atoms with van der Waals surface area (Å²) in [7, 11) is 1.24. The van der Waals surface area contributed by atoms with E-state index >= 15 is 0 Å². The molecular weight excluding hydrogens is 236 g/mol. The summed E-state index contributed by atoms with van der Waals surface area (Å²) < 4.78 is 9.40. The van der Waals surface area contributed by atoms with Crippen LogP contribution in [0.2, 0.25) is 0 Å². The quantitative estimate of drug-likeness (QED) is 0.602. The maximum Gasteiger partial charge on any atom is 0.338 e. The molecule has 0 atom stereocenters. The van der Waals surface area contributed by atoms with Gasteiger partial charge in [0.1, 0.15) is 0 Å². The number of methoxy groups -OCH3 is 1. The van der Waals surface area contributed by atoms with E-state index in [1.165, 1.54) is 32.2 Å². The highest BCUT2D eigenvalue weighted by molar-refractivity contribution is 6.07. The summed E-state index contributed by atoms with van der Waals surface area (Å²) in [4.78, 5) is 34.5. The molecule has 1 aromatic rings. The second-order valence-electron chi connectivity index (χ2n) is 3.53. The fraction of sp³-hybridized carbons (Fsp3) is 0.308. The van der Waals surface area contributed by atoms with Gasteiger partial charge in [0.15, 0.2) is 5.78 Å². The monoisotopic (exact) mass is 250 g/mol. The molecule has 0 heterocycles. The molecule has 0 N–H and O–H groups in total.